The molecule has 0 unspecified atom stereocenters. The van der Waals surface area contributed by atoms with Crippen LogP contribution in [0.1, 0.15) is 11.1 Å². The van der Waals surface area contributed by atoms with Crippen molar-refractivity contribution in [2.45, 2.75) is 6.92 Å². The van der Waals surface area contributed by atoms with Crippen molar-refractivity contribution in [2.75, 3.05) is 5.48 Å². The molecule has 1 aromatic rings. The quantitative estimate of drug-likeness (QED) is 0.586. The highest BCUT2D eigenvalue weighted by atomic mass is 16.5. The number of aryl methyl sites for hydroxylation is 1. The summed E-state index contributed by atoms with van der Waals surface area (Å²) >= 11 is 0. The lowest BCUT2D eigenvalue weighted by Gasteiger charge is -2.01. The molecule has 0 spiro atoms. The minimum Gasteiger partial charge on any atom is -0.290 e. The van der Waals surface area contributed by atoms with Crippen LogP contribution in [0.3, 0.4) is 0 Å². The van der Waals surface area contributed by atoms with Gasteiger partial charge in [0.1, 0.15) is 6.07 Å². The molecular weight excluding hydrogens is 142 g/mol. The van der Waals surface area contributed by atoms with E-state index in [9.17, 15) is 0 Å². The molecule has 4 heteroatoms. The van der Waals surface area contributed by atoms with Gasteiger partial charge in [-0.15, -0.1) is 0 Å². The highest BCUT2D eigenvalue weighted by Crippen LogP contribution is 2.13. The Kier molecular flexibility index (Phi) is 2.04. The van der Waals surface area contributed by atoms with Crippen molar-refractivity contribution < 1.29 is 5.21 Å². The second kappa shape index (κ2) is 2.99. The molecular formula is C7H7N3O. The molecule has 0 fully saturated rings. The van der Waals surface area contributed by atoms with Gasteiger partial charge < -0.3 is 0 Å². The highest BCUT2D eigenvalue weighted by molar-refractivity contribution is 5.53. The number of hydrogen-bond donors (Lipinski definition) is 2. The third kappa shape index (κ3) is 1.28. The van der Waals surface area contributed by atoms with Gasteiger partial charge in [-0.25, -0.2) is 4.98 Å². The average molecular weight is 149 g/mol. The van der Waals surface area contributed by atoms with Crippen molar-refractivity contribution in [3.63, 3.8) is 0 Å². The first-order valence-corrected chi connectivity index (χ1v) is 3.05. The maximum absolute atomic E-state index is 8.59. The Hall–Kier alpha value is -1.60. The summed E-state index contributed by atoms with van der Waals surface area (Å²) in [6.07, 6.45) is 1.52. The number of nitriles is 1. The fraction of sp³-hybridized carbons (Fsp3) is 0.143. The van der Waals surface area contributed by atoms with Gasteiger partial charge in [-0.2, -0.15) is 5.26 Å². The van der Waals surface area contributed by atoms with E-state index < -0.39 is 0 Å². The zero-order valence-electron chi connectivity index (χ0n) is 6.00. The molecule has 1 aromatic heterocycles. The molecule has 0 aliphatic heterocycles. The van der Waals surface area contributed by atoms with Crippen molar-refractivity contribution in [3.8, 4) is 6.07 Å². The van der Waals surface area contributed by atoms with E-state index in [1.807, 2.05) is 11.5 Å². The van der Waals surface area contributed by atoms with Crippen molar-refractivity contribution in [2.24, 2.45) is 0 Å². The number of nitrogens with zero attached hydrogens (tertiary/aromatic N) is 2. The lowest BCUT2D eigenvalue weighted by atomic mass is 10.2. The minimum atomic E-state index is 0.201. The molecule has 4 nitrogen and oxygen atoms in total. The van der Waals surface area contributed by atoms with Gasteiger partial charge in [0.25, 0.3) is 0 Å². The molecule has 0 saturated heterocycles. The Labute approximate surface area is 64.1 Å². The van der Waals surface area contributed by atoms with Crippen LogP contribution in [0.5, 0.6) is 0 Å². The van der Waals surface area contributed by atoms with Crippen LogP contribution in [0.15, 0.2) is 12.3 Å². The smallest absolute Gasteiger partial charge is 0.167 e. The van der Waals surface area contributed by atoms with Crippen molar-refractivity contribution in [1.82, 2.24) is 4.98 Å². The van der Waals surface area contributed by atoms with Gasteiger partial charge >= 0.3 is 0 Å². The standard InChI is InChI=1S/C7H7N3O/c1-5-2-3-9-7(10-11)6(5)4-8/h2-3,11H,1H3,(H,9,10). The largest absolute Gasteiger partial charge is 0.290 e. The fourth-order valence-electron chi connectivity index (χ4n) is 0.784. The predicted molar refractivity (Wildman–Crippen MR) is 39.1 cm³/mol. The van der Waals surface area contributed by atoms with Crippen LogP contribution in [0.4, 0.5) is 5.82 Å². The number of nitrogens with one attached hydrogen (secondary N) is 1. The number of rotatable bonds is 1. The third-order valence-electron chi connectivity index (χ3n) is 1.38. The Bertz CT molecular complexity index is 303. The first kappa shape index (κ1) is 7.51. The van der Waals surface area contributed by atoms with Crippen LogP contribution in [-0.4, -0.2) is 10.2 Å². The predicted octanol–water partition coefficient (Wildman–Crippen LogP) is 1.06. The molecule has 0 amide bonds. The van der Waals surface area contributed by atoms with Gasteiger partial charge in [-0.05, 0) is 18.6 Å². The lowest BCUT2D eigenvalue weighted by molar-refractivity contribution is 0.385. The van der Waals surface area contributed by atoms with E-state index in [4.69, 9.17) is 10.5 Å². The molecule has 1 heterocycles. The van der Waals surface area contributed by atoms with E-state index in [2.05, 4.69) is 4.98 Å². The van der Waals surface area contributed by atoms with Crippen LogP contribution in [0.2, 0.25) is 0 Å². The van der Waals surface area contributed by atoms with Crippen LogP contribution in [0, 0.1) is 18.3 Å². The molecule has 0 bridgehead atoms. The molecule has 0 aliphatic carbocycles. The minimum absolute atomic E-state index is 0.201. The van der Waals surface area contributed by atoms with Gasteiger partial charge in [-0.3, -0.25) is 10.7 Å². The number of pyridine rings is 1. The van der Waals surface area contributed by atoms with Crippen molar-refractivity contribution in [1.29, 1.82) is 5.26 Å². The summed E-state index contributed by atoms with van der Waals surface area (Å²) in [4.78, 5) is 3.75. The summed E-state index contributed by atoms with van der Waals surface area (Å²) in [5, 5.41) is 17.1. The molecule has 0 radical (unpaired) electrons. The molecule has 1 rings (SSSR count). The molecule has 56 valence electrons. The third-order valence-corrected chi connectivity index (χ3v) is 1.38. The average Bonchev–Trinajstić information content (AvgIpc) is 2.04. The summed E-state index contributed by atoms with van der Waals surface area (Å²) in [6, 6.07) is 3.64. The number of hydrogen-bond acceptors (Lipinski definition) is 4. The van der Waals surface area contributed by atoms with E-state index >= 15 is 0 Å². The SMILES string of the molecule is Cc1ccnc(NO)c1C#N. The number of aromatic nitrogens is 1. The molecule has 0 atom stereocenters. The molecule has 0 saturated carbocycles. The van der Waals surface area contributed by atoms with Gasteiger partial charge in [0.2, 0.25) is 0 Å². The summed E-state index contributed by atoms with van der Waals surface area (Å²) in [6.45, 7) is 1.78. The lowest BCUT2D eigenvalue weighted by Crippen LogP contribution is -1.97. The molecule has 2 N–H and O–H groups in total. The zero-order chi connectivity index (χ0) is 8.27. The second-order valence-corrected chi connectivity index (χ2v) is 2.08. The molecule has 11 heavy (non-hydrogen) atoms. The number of anilines is 1. The molecule has 0 aliphatic rings. The van der Waals surface area contributed by atoms with Crippen LogP contribution < -0.4 is 5.48 Å². The fourth-order valence-corrected chi connectivity index (χ4v) is 0.784. The summed E-state index contributed by atoms with van der Waals surface area (Å²) in [5.74, 6) is 0.201. The maximum Gasteiger partial charge on any atom is 0.167 e. The Morgan fingerprint density at radius 3 is 2.91 bits per heavy atom. The van der Waals surface area contributed by atoms with Crippen molar-refractivity contribution in [3.05, 3.63) is 23.4 Å². The van der Waals surface area contributed by atoms with E-state index in [-0.39, 0.29) is 5.82 Å². The summed E-state index contributed by atoms with van der Waals surface area (Å²) in [7, 11) is 0. The Balaban J connectivity index is 3.27. The first-order valence-electron chi connectivity index (χ1n) is 3.05. The van der Waals surface area contributed by atoms with Crippen LogP contribution >= 0.6 is 0 Å². The maximum atomic E-state index is 8.59. The van der Waals surface area contributed by atoms with Gasteiger partial charge in [-0.1, -0.05) is 0 Å². The van der Waals surface area contributed by atoms with Gasteiger partial charge in [0, 0.05) is 6.20 Å². The van der Waals surface area contributed by atoms with E-state index in [1.165, 1.54) is 6.20 Å². The van der Waals surface area contributed by atoms with E-state index in [1.54, 1.807) is 13.0 Å². The van der Waals surface area contributed by atoms with E-state index in [0.29, 0.717) is 5.56 Å². The normalized spacial score (nSPS) is 8.82. The van der Waals surface area contributed by atoms with Gasteiger partial charge in [0.15, 0.2) is 5.82 Å². The Morgan fingerprint density at radius 1 is 1.73 bits per heavy atom. The van der Waals surface area contributed by atoms with Crippen molar-refractivity contribution >= 4 is 5.82 Å². The van der Waals surface area contributed by atoms with E-state index in [0.717, 1.165) is 5.56 Å². The van der Waals surface area contributed by atoms with Gasteiger partial charge in [0.05, 0.1) is 5.56 Å². The first-order chi connectivity index (χ1) is 5.29. The summed E-state index contributed by atoms with van der Waals surface area (Å²) < 4.78 is 0. The summed E-state index contributed by atoms with van der Waals surface area (Å²) in [5.41, 5.74) is 3.01. The molecule has 0 aromatic carbocycles. The van der Waals surface area contributed by atoms with Crippen LogP contribution in [0.25, 0.3) is 0 Å². The van der Waals surface area contributed by atoms with Crippen LogP contribution in [-0.2, 0) is 0 Å². The topological polar surface area (TPSA) is 68.9 Å². The zero-order valence-corrected chi connectivity index (χ0v) is 6.00. The Morgan fingerprint density at radius 2 is 2.45 bits per heavy atom. The monoisotopic (exact) mass is 149 g/mol. The second-order valence-electron chi connectivity index (χ2n) is 2.08. The highest BCUT2D eigenvalue weighted by Gasteiger charge is 2.03.